The molecule has 0 aliphatic carbocycles. The molecule has 0 unspecified atom stereocenters. The Labute approximate surface area is 100 Å². The Kier molecular flexibility index (Phi) is 4.26. The molecule has 2 atom stereocenters. The molecular formula is C9H16ClN5O. The quantitative estimate of drug-likeness (QED) is 0.733. The summed E-state index contributed by atoms with van der Waals surface area (Å²) in [6.45, 7) is 5.71. The number of halogens is 1. The molecule has 16 heavy (non-hydrogen) atoms. The maximum absolute atomic E-state index is 12.1. The zero-order chi connectivity index (χ0) is 10.8. The van der Waals surface area contributed by atoms with Gasteiger partial charge in [0.25, 0.3) is 5.91 Å². The molecule has 1 fully saturated rings. The number of hydrogen-bond donors (Lipinski definition) is 2. The monoisotopic (exact) mass is 245 g/mol. The van der Waals surface area contributed by atoms with Crippen LogP contribution in [0.25, 0.3) is 0 Å². The van der Waals surface area contributed by atoms with Gasteiger partial charge in [0.15, 0.2) is 5.69 Å². The smallest absolute Gasteiger partial charge is 0.276 e. The molecular weight excluding hydrogens is 230 g/mol. The van der Waals surface area contributed by atoms with E-state index in [2.05, 4.69) is 20.7 Å². The number of carbonyl (C=O) groups is 1. The van der Waals surface area contributed by atoms with Crippen LogP contribution >= 0.6 is 12.4 Å². The van der Waals surface area contributed by atoms with Gasteiger partial charge in [-0.3, -0.25) is 4.79 Å². The van der Waals surface area contributed by atoms with Crippen LogP contribution in [0.3, 0.4) is 0 Å². The SMILES string of the molecule is C[C@@H]1CNC[C@H](C)N1C(=O)c1cn[nH]n1.Cl. The molecule has 1 aromatic heterocycles. The molecule has 1 saturated heterocycles. The fourth-order valence-corrected chi connectivity index (χ4v) is 1.97. The summed E-state index contributed by atoms with van der Waals surface area (Å²) in [6.07, 6.45) is 1.46. The van der Waals surface area contributed by atoms with Gasteiger partial charge in [-0.05, 0) is 13.8 Å². The highest BCUT2D eigenvalue weighted by molar-refractivity contribution is 5.92. The van der Waals surface area contributed by atoms with Gasteiger partial charge in [-0.2, -0.15) is 15.4 Å². The molecule has 1 aliphatic rings. The predicted octanol–water partition coefficient (Wildman–Crippen LogP) is 0.0489. The van der Waals surface area contributed by atoms with Gasteiger partial charge in [-0.15, -0.1) is 12.4 Å². The number of carbonyl (C=O) groups excluding carboxylic acids is 1. The fourth-order valence-electron chi connectivity index (χ4n) is 1.97. The number of nitrogens with zero attached hydrogens (tertiary/aromatic N) is 3. The van der Waals surface area contributed by atoms with Crippen molar-refractivity contribution >= 4 is 18.3 Å². The topological polar surface area (TPSA) is 73.9 Å². The van der Waals surface area contributed by atoms with Gasteiger partial charge < -0.3 is 10.2 Å². The van der Waals surface area contributed by atoms with Gasteiger partial charge in [0.05, 0.1) is 6.20 Å². The van der Waals surface area contributed by atoms with Gasteiger partial charge in [0, 0.05) is 25.2 Å². The van der Waals surface area contributed by atoms with Gasteiger partial charge in [0.2, 0.25) is 0 Å². The zero-order valence-corrected chi connectivity index (χ0v) is 10.1. The molecule has 0 bridgehead atoms. The molecule has 1 aromatic rings. The van der Waals surface area contributed by atoms with Crippen molar-refractivity contribution in [2.75, 3.05) is 13.1 Å². The van der Waals surface area contributed by atoms with E-state index in [9.17, 15) is 4.79 Å². The minimum absolute atomic E-state index is 0. The first kappa shape index (κ1) is 12.9. The van der Waals surface area contributed by atoms with Crippen molar-refractivity contribution in [1.29, 1.82) is 0 Å². The van der Waals surface area contributed by atoms with E-state index < -0.39 is 0 Å². The highest BCUT2D eigenvalue weighted by Gasteiger charge is 2.30. The Morgan fingerprint density at radius 3 is 2.56 bits per heavy atom. The average Bonchev–Trinajstić information content (AvgIpc) is 2.69. The van der Waals surface area contributed by atoms with Crippen LogP contribution in [0.1, 0.15) is 24.3 Å². The maximum Gasteiger partial charge on any atom is 0.276 e. The number of amides is 1. The predicted molar refractivity (Wildman–Crippen MR) is 61.6 cm³/mol. The Hall–Kier alpha value is -1.14. The van der Waals surface area contributed by atoms with E-state index in [1.54, 1.807) is 0 Å². The lowest BCUT2D eigenvalue weighted by Gasteiger charge is -2.38. The van der Waals surface area contributed by atoms with Crippen molar-refractivity contribution in [3.8, 4) is 0 Å². The Morgan fingerprint density at radius 2 is 2.06 bits per heavy atom. The third kappa shape index (κ3) is 2.33. The summed E-state index contributed by atoms with van der Waals surface area (Å²) < 4.78 is 0. The van der Waals surface area contributed by atoms with Crippen molar-refractivity contribution in [3.05, 3.63) is 11.9 Å². The average molecular weight is 246 g/mol. The summed E-state index contributed by atoms with van der Waals surface area (Å²) in [5.74, 6) is -0.0507. The number of rotatable bonds is 1. The normalized spacial score (nSPS) is 25.0. The number of aromatic amines is 1. The zero-order valence-electron chi connectivity index (χ0n) is 9.30. The summed E-state index contributed by atoms with van der Waals surface area (Å²) in [7, 11) is 0. The second-order valence-corrected chi connectivity index (χ2v) is 3.92. The van der Waals surface area contributed by atoms with Crippen LogP contribution in [0.4, 0.5) is 0 Å². The van der Waals surface area contributed by atoms with Crippen molar-refractivity contribution in [1.82, 2.24) is 25.6 Å². The lowest BCUT2D eigenvalue weighted by Crippen LogP contribution is -2.57. The maximum atomic E-state index is 12.1. The first-order chi connectivity index (χ1) is 7.20. The van der Waals surface area contributed by atoms with E-state index in [0.717, 1.165) is 13.1 Å². The third-order valence-electron chi connectivity index (χ3n) is 2.70. The highest BCUT2D eigenvalue weighted by Crippen LogP contribution is 2.12. The van der Waals surface area contributed by atoms with Crippen molar-refractivity contribution in [2.45, 2.75) is 25.9 Å². The van der Waals surface area contributed by atoms with Crippen LogP contribution in [0.15, 0.2) is 6.20 Å². The van der Waals surface area contributed by atoms with Crippen LogP contribution in [-0.2, 0) is 0 Å². The van der Waals surface area contributed by atoms with Crippen LogP contribution in [-0.4, -0.2) is 51.4 Å². The first-order valence-electron chi connectivity index (χ1n) is 5.09. The molecule has 0 aromatic carbocycles. The molecule has 0 radical (unpaired) electrons. The van der Waals surface area contributed by atoms with Crippen LogP contribution in [0.2, 0.25) is 0 Å². The van der Waals surface area contributed by atoms with E-state index in [1.165, 1.54) is 6.20 Å². The summed E-state index contributed by atoms with van der Waals surface area (Å²) in [5, 5.41) is 13.2. The van der Waals surface area contributed by atoms with Crippen molar-refractivity contribution in [2.24, 2.45) is 0 Å². The lowest BCUT2D eigenvalue weighted by molar-refractivity contribution is 0.0538. The van der Waals surface area contributed by atoms with Crippen LogP contribution in [0.5, 0.6) is 0 Å². The Balaban J connectivity index is 0.00000128. The molecule has 90 valence electrons. The van der Waals surface area contributed by atoms with E-state index in [4.69, 9.17) is 0 Å². The van der Waals surface area contributed by atoms with Crippen molar-refractivity contribution < 1.29 is 4.79 Å². The minimum atomic E-state index is -0.0507. The third-order valence-corrected chi connectivity index (χ3v) is 2.70. The van der Waals surface area contributed by atoms with Crippen LogP contribution < -0.4 is 5.32 Å². The fraction of sp³-hybridized carbons (Fsp3) is 0.667. The summed E-state index contributed by atoms with van der Waals surface area (Å²) in [6, 6.07) is 0.385. The Morgan fingerprint density at radius 1 is 1.44 bits per heavy atom. The second kappa shape index (κ2) is 5.27. The highest BCUT2D eigenvalue weighted by atomic mass is 35.5. The van der Waals surface area contributed by atoms with Gasteiger partial charge >= 0.3 is 0 Å². The summed E-state index contributed by atoms with van der Waals surface area (Å²) >= 11 is 0. The largest absolute Gasteiger partial charge is 0.329 e. The van der Waals surface area contributed by atoms with Crippen LogP contribution in [0, 0.1) is 0 Å². The van der Waals surface area contributed by atoms with E-state index in [1.807, 2.05) is 18.7 Å². The number of piperazine rings is 1. The van der Waals surface area contributed by atoms with E-state index in [-0.39, 0.29) is 30.4 Å². The molecule has 6 nitrogen and oxygen atoms in total. The molecule has 0 spiro atoms. The molecule has 2 heterocycles. The molecule has 0 saturated carbocycles. The second-order valence-electron chi connectivity index (χ2n) is 3.92. The summed E-state index contributed by atoms with van der Waals surface area (Å²) in [5.41, 5.74) is 0.385. The standard InChI is InChI=1S/C9H15N5O.ClH/c1-6-3-10-4-7(2)14(6)9(15)8-5-11-13-12-8;/h5-7,10H,3-4H2,1-2H3,(H,11,12,13);1H/t6-,7+;. The summed E-state index contributed by atoms with van der Waals surface area (Å²) in [4.78, 5) is 13.9. The molecule has 2 rings (SSSR count). The molecule has 1 aliphatic heterocycles. The van der Waals surface area contributed by atoms with Crippen molar-refractivity contribution in [3.63, 3.8) is 0 Å². The van der Waals surface area contributed by atoms with Gasteiger partial charge in [-0.1, -0.05) is 0 Å². The molecule has 2 N–H and O–H groups in total. The number of hydrogen-bond acceptors (Lipinski definition) is 4. The molecule has 7 heteroatoms. The number of aromatic nitrogens is 3. The first-order valence-corrected chi connectivity index (χ1v) is 5.09. The number of H-pyrrole nitrogens is 1. The minimum Gasteiger partial charge on any atom is -0.329 e. The Bertz CT molecular complexity index is 332. The van der Waals surface area contributed by atoms with E-state index >= 15 is 0 Å². The number of nitrogens with one attached hydrogen (secondary N) is 2. The molecule has 1 amide bonds. The lowest BCUT2D eigenvalue weighted by atomic mass is 10.1. The van der Waals surface area contributed by atoms with Gasteiger partial charge in [0.1, 0.15) is 0 Å². The van der Waals surface area contributed by atoms with Gasteiger partial charge in [-0.25, -0.2) is 0 Å². The van der Waals surface area contributed by atoms with E-state index in [0.29, 0.717) is 5.69 Å².